The van der Waals surface area contributed by atoms with E-state index in [1.54, 1.807) is 18.3 Å². The lowest BCUT2D eigenvalue weighted by Crippen LogP contribution is -2.10. The maximum atomic E-state index is 14.8. The topological polar surface area (TPSA) is 85.1 Å². The van der Waals surface area contributed by atoms with Gasteiger partial charge in [-0.1, -0.05) is 23.8 Å². The number of nitrogens with zero attached hydrogens (tertiary/aromatic N) is 2. The fourth-order valence-electron chi connectivity index (χ4n) is 3.23. The molecule has 0 bridgehead atoms. The van der Waals surface area contributed by atoms with E-state index in [9.17, 15) is 4.39 Å². The van der Waals surface area contributed by atoms with Crippen molar-refractivity contribution in [3.8, 4) is 5.75 Å². The average molecular weight is 391 g/mol. The number of allylic oxidation sites excluding steroid dienone is 1. The number of nitrogens with one attached hydrogen (secondary N) is 2. The number of benzene rings is 2. The predicted octanol–water partition coefficient (Wildman–Crippen LogP) is 4.40. The summed E-state index contributed by atoms with van der Waals surface area (Å²) in [5, 5.41) is 6.18. The fourth-order valence-corrected chi connectivity index (χ4v) is 3.23. The summed E-state index contributed by atoms with van der Waals surface area (Å²) < 4.78 is 20.4. The SMILES string of the molecule is CC1=Cc2c(ccc(Nc3ccnc(Nc4cccc(OCCN)c4)n3)c2F)C1. The van der Waals surface area contributed by atoms with E-state index in [4.69, 9.17) is 10.5 Å². The van der Waals surface area contributed by atoms with Crippen molar-refractivity contribution in [2.75, 3.05) is 23.8 Å². The summed E-state index contributed by atoms with van der Waals surface area (Å²) in [6, 6.07) is 12.8. The molecule has 1 aromatic heterocycles. The smallest absolute Gasteiger partial charge is 0.229 e. The monoisotopic (exact) mass is 391 g/mol. The lowest BCUT2D eigenvalue weighted by Gasteiger charge is -2.11. The zero-order valence-corrected chi connectivity index (χ0v) is 16.1. The number of fused-ring (bicyclic) bond motifs is 1. The molecule has 1 heterocycles. The van der Waals surface area contributed by atoms with Crippen LogP contribution in [0.4, 0.5) is 27.5 Å². The van der Waals surface area contributed by atoms with Gasteiger partial charge in [-0.3, -0.25) is 0 Å². The van der Waals surface area contributed by atoms with Gasteiger partial charge in [0.2, 0.25) is 5.95 Å². The van der Waals surface area contributed by atoms with Gasteiger partial charge in [0.05, 0.1) is 5.69 Å². The summed E-state index contributed by atoms with van der Waals surface area (Å²) in [7, 11) is 0. The van der Waals surface area contributed by atoms with Crippen LogP contribution in [0.1, 0.15) is 18.1 Å². The first kappa shape index (κ1) is 18.9. The Labute approximate surface area is 168 Å². The van der Waals surface area contributed by atoms with Gasteiger partial charge < -0.3 is 21.1 Å². The second kappa shape index (κ2) is 8.28. The Bertz CT molecular complexity index is 1070. The van der Waals surface area contributed by atoms with Crippen LogP contribution in [0.25, 0.3) is 6.08 Å². The molecule has 6 nitrogen and oxygen atoms in total. The zero-order valence-electron chi connectivity index (χ0n) is 16.1. The molecule has 1 aliphatic rings. The molecule has 0 saturated carbocycles. The summed E-state index contributed by atoms with van der Waals surface area (Å²) in [4.78, 5) is 8.66. The van der Waals surface area contributed by atoms with Crippen LogP contribution in [0, 0.1) is 5.82 Å². The highest BCUT2D eigenvalue weighted by molar-refractivity contribution is 5.71. The van der Waals surface area contributed by atoms with Gasteiger partial charge in [0.15, 0.2) is 5.82 Å². The van der Waals surface area contributed by atoms with Gasteiger partial charge in [0.25, 0.3) is 0 Å². The van der Waals surface area contributed by atoms with Crippen molar-refractivity contribution in [2.24, 2.45) is 5.73 Å². The first-order valence-electron chi connectivity index (χ1n) is 9.41. The van der Waals surface area contributed by atoms with Crippen molar-refractivity contribution in [1.29, 1.82) is 0 Å². The van der Waals surface area contributed by atoms with E-state index in [0.717, 1.165) is 23.2 Å². The minimum absolute atomic E-state index is 0.266. The van der Waals surface area contributed by atoms with E-state index in [0.29, 0.717) is 41.9 Å². The average Bonchev–Trinajstić information content (AvgIpc) is 3.10. The fraction of sp³-hybridized carbons (Fsp3) is 0.182. The number of halogens is 1. The van der Waals surface area contributed by atoms with Crippen LogP contribution < -0.4 is 21.1 Å². The molecule has 3 aromatic rings. The molecule has 0 unspecified atom stereocenters. The molecule has 29 heavy (non-hydrogen) atoms. The second-order valence-electron chi connectivity index (χ2n) is 6.85. The summed E-state index contributed by atoms with van der Waals surface area (Å²) in [5.74, 6) is 1.33. The lowest BCUT2D eigenvalue weighted by molar-refractivity contribution is 0.328. The Morgan fingerprint density at radius 2 is 2.07 bits per heavy atom. The molecule has 148 valence electrons. The van der Waals surface area contributed by atoms with E-state index < -0.39 is 0 Å². The van der Waals surface area contributed by atoms with Crippen LogP contribution in [-0.4, -0.2) is 23.1 Å². The molecule has 0 amide bonds. The van der Waals surface area contributed by atoms with Crippen LogP contribution in [0.5, 0.6) is 5.75 Å². The number of ether oxygens (including phenoxy) is 1. The number of hydrogen-bond donors (Lipinski definition) is 3. The van der Waals surface area contributed by atoms with E-state index in [2.05, 4.69) is 20.6 Å². The third-order valence-corrected chi connectivity index (χ3v) is 4.53. The molecule has 0 fully saturated rings. The molecule has 0 atom stereocenters. The van der Waals surface area contributed by atoms with E-state index in [1.807, 2.05) is 43.3 Å². The number of nitrogens with two attached hydrogens (primary N) is 1. The maximum Gasteiger partial charge on any atom is 0.229 e. The molecule has 0 spiro atoms. The molecule has 0 aliphatic heterocycles. The van der Waals surface area contributed by atoms with Crippen LogP contribution in [0.15, 0.2) is 54.2 Å². The Kier molecular flexibility index (Phi) is 5.39. The molecule has 1 aliphatic carbocycles. The molecular weight excluding hydrogens is 369 g/mol. The van der Waals surface area contributed by atoms with Gasteiger partial charge in [-0.25, -0.2) is 9.37 Å². The molecule has 0 saturated heterocycles. The van der Waals surface area contributed by atoms with Gasteiger partial charge in [0.1, 0.15) is 18.2 Å². The number of hydrogen-bond acceptors (Lipinski definition) is 6. The Hall–Kier alpha value is -3.45. The molecular formula is C22H22FN5O. The normalized spacial score (nSPS) is 12.3. The van der Waals surface area contributed by atoms with E-state index >= 15 is 0 Å². The van der Waals surface area contributed by atoms with Crippen LogP contribution >= 0.6 is 0 Å². The predicted molar refractivity (Wildman–Crippen MR) is 113 cm³/mol. The number of aromatic nitrogens is 2. The molecule has 0 radical (unpaired) electrons. The summed E-state index contributed by atoms with van der Waals surface area (Å²) >= 11 is 0. The van der Waals surface area contributed by atoms with Crippen LogP contribution in [0.2, 0.25) is 0 Å². The van der Waals surface area contributed by atoms with E-state index in [-0.39, 0.29) is 5.82 Å². The Balaban J connectivity index is 1.51. The Morgan fingerprint density at radius 3 is 2.93 bits per heavy atom. The lowest BCUT2D eigenvalue weighted by atomic mass is 10.1. The zero-order chi connectivity index (χ0) is 20.2. The standard InChI is InChI=1S/C22H22FN5O/c1-14-11-15-5-6-19(21(23)18(15)12-14)27-20-7-9-25-22(28-20)26-16-3-2-4-17(13-16)29-10-8-24/h2-7,9,12-13H,8,10-11,24H2,1H3,(H2,25,26,27,28). The van der Waals surface area contributed by atoms with Gasteiger partial charge in [-0.15, -0.1) is 0 Å². The van der Waals surface area contributed by atoms with Crippen molar-refractivity contribution in [3.63, 3.8) is 0 Å². The molecule has 7 heteroatoms. The van der Waals surface area contributed by atoms with Crippen LogP contribution in [0.3, 0.4) is 0 Å². The summed E-state index contributed by atoms with van der Waals surface area (Å²) in [6.45, 7) is 2.90. The highest BCUT2D eigenvalue weighted by atomic mass is 19.1. The summed E-state index contributed by atoms with van der Waals surface area (Å²) in [5.41, 5.74) is 9.44. The van der Waals surface area contributed by atoms with Crippen molar-refractivity contribution in [3.05, 3.63) is 71.2 Å². The quantitative estimate of drug-likeness (QED) is 0.554. The largest absolute Gasteiger partial charge is 0.492 e. The Morgan fingerprint density at radius 1 is 1.17 bits per heavy atom. The van der Waals surface area contributed by atoms with Crippen molar-refractivity contribution < 1.29 is 9.13 Å². The second-order valence-corrected chi connectivity index (χ2v) is 6.85. The van der Waals surface area contributed by atoms with Crippen molar-refractivity contribution in [2.45, 2.75) is 13.3 Å². The minimum atomic E-state index is -0.266. The number of anilines is 4. The maximum absolute atomic E-state index is 14.8. The summed E-state index contributed by atoms with van der Waals surface area (Å²) in [6.07, 6.45) is 4.30. The van der Waals surface area contributed by atoms with Gasteiger partial charge in [-0.05, 0) is 43.2 Å². The highest BCUT2D eigenvalue weighted by Gasteiger charge is 2.17. The first-order valence-corrected chi connectivity index (χ1v) is 9.41. The number of rotatable bonds is 7. The minimum Gasteiger partial charge on any atom is -0.492 e. The van der Waals surface area contributed by atoms with Crippen LogP contribution in [-0.2, 0) is 6.42 Å². The third-order valence-electron chi connectivity index (χ3n) is 4.53. The van der Waals surface area contributed by atoms with Crippen molar-refractivity contribution >= 4 is 29.2 Å². The molecule has 2 aromatic carbocycles. The van der Waals surface area contributed by atoms with Gasteiger partial charge in [0, 0.05) is 30.1 Å². The highest BCUT2D eigenvalue weighted by Crippen LogP contribution is 2.32. The third kappa shape index (κ3) is 4.35. The van der Waals surface area contributed by atoms with Crippen molar-refractivity contribution in [1.82, 2.24) is 9.97 Å². The van der Waals surface area contributed by atoms with E-state index in [1.165, 1.54) is 0 Å². The molecule has 4 N–H and O–H groups in total. The van der Waals surface area contributed by atoms with Gasteiger partial charge in [-0.2, -0.15) is 4.98 Å². The van der Waals surface area contributed by atoms with Gasteiger partial charge >= 0.3 is 0 Å². The first-order chi connectivity index (χ1) is 14.1. The molecule has 4 rings (SSSR count).